The van der Waals surface area contributed by atoms with Gasteiger partial charge in [0.15, 0.2) is 0 Å². The molecule has 51 heavy (non-hydrogen) atoms. The van der Waals surface area contributed by atoms with Gasteiger partial charge in [0, 0.05) is 59.0 Å². The fourth-order valence-corrected chi connectivity index (χ4v) is 5.83. The molecule has 0 N–H and O–H groups in total. The van der Waals surface area contributed by atoms with Crippen LogP contribution in [-0.2, 0) is 0 Å². The average Bonchev–Trinajstić information content (AvgIpc) is 3.78. The molecule has 6 aromatic heterocycles. The van der Waals surface area contributed by atoms with Crippen LogP contribution in [0.5, 0.6) is 0 Å². The standard InChI is InChI=1S/2C15H10B3N3.4C2H6.CH4/c1-9-10-5-4-8-19-14(10)21-12-7-3-2-6-11(12)20-15(21)13(9)17-18-16;1-9-10-8-19-7-6-12(10)21-13-5-3-2-4-11(13)20-15(21)14(9)17-18-16;4*1-2;/h2*2-8H,1H3;4*1-2H3;1H4. The van der Waals surface area contributed by atoms with Crippen molar-refractivity contribution in [3.63, 3.8) is 0 Å². The van der Waals surface area contributed by atoms with Crippen LogP contribution in [-0.4, -0.2) is 72.7 Å². The van der Waals surface area contributed by atoms with Crippen LogP contribution in [0, 0.1) is 13.8 Å². The van der Waals surface area contributed by atoms with Crippen molar-refractivity contribution in [2.45, 2.75) is 76.7 Å². The minimum absolute atomic E-state index is 0. The molecule has 8 rings (SSSR count). The lowest BCUT2D eigenvalue weighted by atomic mass is 9.26. The van der Waals surface area contributed by atoms with Crippen molar-refractivity contribution in [3.05, 3.63) is 96.4 Å². The maximum atomic E-state index is 5.63. The predicted octanol–water partition coefficient (Wildman–Crippen LogP) is 7.49. The van der Waals surface area contributed by atoms with Gasteiger partial charge in [0.1, 0.15) is 31.3 Å². The van der Waals surface area contributed by atoms with Gasteiger partial charge in [-0.25, -0.2) is 15.0 Å². The molecule has 0 aliphatic rings. The van der Waals surface area contributed by atoms with Crippen LogP contribution in [0.15, 0.2) is 85.3 Å². The van der Waals surface area contributed by atoms with Crippen molar-refractivity contribution in [1.29, 1.82) is 0 Å². The summed E-state index contributed by atoms with van der Waals surface area (Å²) in [5.41, 5.74) is 12.3. The second-order valence-electron chi connectivity index (χ2n) is 10.1. The number of nitrogens with zero attached hydrogens (tertiary/aromatic N) is 6. The second kappa shape index (κ2) is 21.0. The lowest BCUT2D eigenvalue weighted by molar-refractivity contribution is 1.22. The van der Waals surface area contributed by atoms with E-state index in [9.17, 15) is 0 Å². The molecule has 0 aliphatic carbocycles. The van der Waals surface area contributed by atoms with Gasteiger partial charge in [-0.3, -0.25) is 13.8 Å². The summed E-state index contributed by atoms with van der Waals surface area (Å²) >= 11 is 0. The molecule has 8 radical (unpaired) electrons. The Bertz CT molecular complexity index is 2120. The largest absolute Gasteiger partial charge is 0.293 e. The molecular weight excluding hydrogens is 617 g/mol. The molecule has 0 spiro atoms. The SMILES string of the molecule is C.CC.CC.CC.CC.[B][B][B]c1c(C)c2cccnc2n2c1nc1ccccc12.[B][B][B]c1c(C)c2cnccc2n2c1nc1ccccc12. The quantitative estimate of drug-likeness (QED) is 0.183. The van der Waals surface area contributed by atoms with E-state index in [1.165, 1.54) is 0 Å². The Balaban J connectivity index is 0.000000291. The van der Waals surface area contributed by atoms with Crippen LogP contribution < -0.4 is 10.9 Å². The molecule has 0 saturated heterocycles. The molecule has 6 nitrogen and oxygen atoms in total. The average molecular weight is 666 g/mol. The minimum Gasteiger partial charge on any atom is -0.293 e. The van der Waals surface area contributed by atoms with Crippen molar-refractivity contribution < 1.29 is 0 Å². The normalized spacial score (nSPS) is 9.76. The maximum Gasteiger partial charge on any atom is 0.146 e. The van der Waals surface area contributed by atoms with E-state index in [4.69, 9.17) is 25.4 Å². The number of aryl methyl sites for hydroxylation is 2. The van der Waals surface area contributed by atoms with E-state index in [1.807, 2.05) is 137 Å². The summed E-state index contributed by atoms with van der Waals surface area (Å²) in [4.78, 5) is 18.4. The number of hydrogen-bond acceptors (Lipinski definition) is 4. The Morgan fingerprint density at radius 3 is 1.57 bits per heavy atom. The number of rotatable bonds is 4. The fraction of sp³-hybridized carbons (Fsp3) is 0.282. The zero-order valence-corrected chi connectivity index (χ0v) is 31.2. The first-order valence-electron chi connectivity index (χ1n) is 17.7. The van der Waals surface area contributed by atoms with E-state index < -0.39 is 0 Å². The number of pyridine rings is 4. The summed E-state index contributed by atoms with van der Waals surface area (Å²) < 4.78 is 4.28. The highest BCUT2D eigenvalue weighted by Crippen LogP contribution is 2.25. The number of aromatic nitrogens is 6. The zero-order valence-electron chi connectivity index (χ0n) is 31.2. The van der Waals surface area contributed by atoms with E-state index >= 15 is 0 Å². The molecule has 0 atom stereocenters. The van der Waals surface area contributed by atoms with Crippen LogP contribution in [0.2, 0.25) is 0 Å². The van der Waals surface area contributed by atoms with E-state index in [1.54, 1.807) is 14.1 Å². The van der Waals surface area contributed by atoms with Gasteiger partial charge in [-0.05, 0) is 67.4 Å². The van der Waals surface area contributed by atoms with Crippen LogP contribution >= 0.6 is 0 Å². The van der Waals surface area contributed by atoms with Gasteiger partial charge in [0.25, 0.3) is 0 Å². The molecule has 0 unspecified atom stereocenters. The molecule has 0 fully saturated rings. The summed E-state index contributed by atoms with van der Waals surface area (Å²) in [5.74, 6) is 0. The van der Waals surface area contributed by atoms with Gasteiger partial charge < -0.3 is 0 Å². The van der Waals surface area contributed by atoms with Crippen molar-refractivity contribution in [2.75, 3.05) is 0 Å². The molecule has 12 heteroatoms. The van der Waals surface area contributed by atoms with E-state index in [0.29, 0.717) is 0 Å². The Kier molecular flexibility index (Phi) is 17.6. The second-order valence-corrected chi connectivity index (χ2v) is 10.1. The molecule has 0 aliphatic heterocycles. The first-order chi connectivity index (χ1) is 24.6. The van der Waals surface area contributed by atoms with Crippen LogP contribution in [0.4, 0.5) is 0 Å². The van der Waals surface area contributed by atoms with E-state index in [2.05, 4.69) is 50.8 Å². The fourth-order valence-electron chi connectivity index (χ4n) is 5.83. The van der Waals surface area contributed by atoms with Crippen LogP contribution in [0.1, 0.15) is 73.9 Å². The number of benzene rings is 2. The smallest absolute Gasteiger partial charge is 0.146 e. The predicted molar refractivity (Wildman–Crippen MR) is 231 cm³/mol. The van der Waals surface area contributed by atoms with Gasteiger partial charge in [0.2, 0.25) is 0 Å². The van der Waals surface area contributed by atoms with Crippen molar-refractivity contribution >= 4 is 110 Å². The summed E-state index contributed by atoms with van der Waals surface area (Å²) in [6.07, 6.45) is 5.52. The summed E-state index contributed by atoms with van der Waals surface area (Å²) in [6.45, 7) is 20.2. The van der Waals surface area contributed by atoms with Gasteiger partial charge in [0.05, 0.1) is 27.6 Å². The highest BCUT2D eigenvalue weighted by molar-refractivity contribution is 7.28. The number of fused-ring (bicyclic) bond motifs is 10. The third-order valence-electron chi connectivity index (χ3n) is 7.78. The molecule has 2 aromatic carbocycles. The molecule has 252 valence electrons. The molecular formula is C39H48B6N6. The molecule has 0 amide bonds. The number of imidazole rings is 2. The summed E-state index contributed by atoms with van der Waals surface area (Å²) in [5, 5.41) is 2.22. The highest BCUT2D eigenvalue weighted by Gasteiger charge is 2.17. The van der Waals surface area contributed by atoms with E-state index in [-0.39, 0.29) is 7.43 Å². The number of para-hydroxylation sites is 4. The minimum atomic E-state index is 0. The summed E-state index contributed by atoms with van der Waals surface area (Å²) in [6, 6.07) is 22.3. The van der Waals surface area contributed by atoms with Crippen molar-refractivity contribution in [3.8, 4) is 0 Å². The number of hydrogen-bond donors (Lipinski definition) is 0. The molecule has 0 saturated carbocycles. The lowest BCUT2D eigenvalue weighted by Crippen LogP contribution is -2.27. The maximum absolute atomic E-state index is 5.63. The highest BCUT2D eigenvalue weighted by atomic mass is 15.1. The van der Waals surface area contributed by atoms with Crippen molar-refractivity contribution in [2.24, 2.45) is 0 Å². The van der Waals surface area contributed by atoms with Crippen molar-refractivity contribution in [1.82, 2.24) is 28.7 Å². The molecule has 6 heterocycles. The first-order valence-corrected chi connectivity index (χ1v) is 17.7. The third kappa shape index (κ3) is 8.38. The lowest BCUT2D eigenvalue weighted by Gasteiger charge is -2.12. The topological polar surface area (TPSA) is 60.4 Å². The first kappa shape index (κ1) is 42.7. The third-order valence-corrected chi connectivity index (χ3v) is 7.78. The van der Waals surface area contributed by atoms with Gasteiger partial charge in [-0.15, -0.1) is 0 Å². The molecule has 0 bridgehead atoms. The molecule has 8 aromatic rings. The van der Waals surface area contributed by atoms with Gasteiger partial charge in [-0.2, -0.15) is 0 Å². The Hall–Kier alpha value is -4.45. The van der Waals surface area contributed by atoms with Crippen LogP contribution in [0.25, 0.3) is 55.3 Å². The van der Waals surface area contributed by atoms with Crippen LogP contribution in [0.3, 0.4) is 0 Å². The Morgan fingerprint density at radius 2 is 1.02 bits per heavy atom. The zero-order chi connectivity index (χ0) is 36.8. The van der Waals surface area contributed by atoms with E-state index in [0.717, 1.165) is 77.3 Å². The summed E-state index contributed by atoms with van der Waals surface area (Å²) in [7, 11) is 18.2. The van der Waals surface area contributed by atoms with Gasteiger partial charge in [-0.1, -0.05) is 98.0 Å². The monoisotopic (exact) mass is 666 g/mol. The Labute approximate surface area is 311 Å². The van der Waals surface area contributed by atoms with Gasteiger partial charge >= 0.3 is 0 Å². The Morgan fingerprint density at radius 1 is 0.529 bits per heavy atom.